The fourth-order valence-electron chi connectivity index (χ4n) is 2.38. The summed E-state index contributed by atoms with van der Waals surface area (Å²) < 4.78 is 31.9. The summed E-state index contributed by atoms with van der Waals surface area (Å²) in [6.45, 7) is 3.13. The summed E-state index contributed by atoms with van der Waals surface area (Å²) in [5, 5.41) is 0. The van der Waals surface area contributed by atoms with E-state index in [4.69, 9.17) is 4.74 Å². The minimum atomic E-state index is -3.86. The largest absolute Gasteiger partial charge is 0.454 e. The quantitative estimate of drug-likeness (QED) is 0.678. The highest BCUT2D eigenvalue weighted by Crippen LogP contribution is 2.11. The van der Waals surface area contributed by atoms with Gasteiger partial charge in [-0.05, 0) is 31.5 Å². The number of carbonyl (C=O) groups excluding carboxylic acids is 2. The number of sulfonamides is 1. The monoisotopic (exact) mass is 404 g/mol. The van der Waals surface area contributed by atoms with Gasteiger partial charge in [0.1, 0.15) is 6.04 Å². The minimum Gasteiger partial charge on any atom is -0.454 e. The smallest absolute Gasteiger partial charge is 0.324 e. The van der Waals surface area contributed by atoms with E-state index in [0.29, 0.717) is 6.54 Å². The molecule has 0 spiro atoms. The van der Waals surface area contributed by atoms with Crippen LogP contribution in [0, 0.1) is 6.92 Å². The van der Waals surface area contributed by atoms with Crippen LogP contribution < -0.4 is 4.72 Å². The number of hydrogen-bond acceptors (Lipinski definition) is 5. The number of esters is 1. The number of nitrogens with one attached hydrogen (secondary N) is 1. The van der Waals surface area contributed by atoms with Crippen molar-refractivity contribution in [2.75, 3.05) is 13.7 Å². The molecule has 2 aromatic carbocycles. The topological polar surface area (TPSA) is 92.8 Å². The molecule has 0 fully saturated rings. The number of likely N-dealkylation sites (N-methyl/N-ethyl adjacent to an activating group) is 1. The zero-order valence-electron chi connectivity index (χ0n) is 16.1. The Labute approximate surface area is 165 Å². The highest BCUT2D eigenvalue weighted by molar-refractivity contribution is 7.89. The van der Waals surface area contributed by atoms with Crippen LogP contribution in [0.4, 0.5) is 0 Å². The summed E-state index contributed by atoms with van der Waals surface area (Å²) >= 11 is 0. The lowest BCUT2D eigenvalue weighted by molar-refractivity contribution is -0.152. The maximum Gasteiger partial charge on any atom is 0.324 e. The van der Waals surface area contributed by atoms with Crippen molar-refractivity contribution in [3.05, 3.63) is 65.7 Å². The standard InChI is InChI=1S/C20H24N2O5S/c1-15-9-11-18(12-10-15)28(25,26)21-16(2)20(24)27-14-19(23)22(3)13-17-7-5-4-6-8-17/h4-12,16,21H,13-14H2,1-3H3/t16-/m0/s1. The third-order valence-electron chi connectivity index (χ3n) is 4.04. The molecular formula is C20H24N2O5S. The van der Waals surface area contributed by atoms with Crippen molar-refractivity contribution in [3.8, 4) is 0 Å². The van der Waals surface area contributed by atoms with Gasteiger partial charge in [0.2, 0.25) is 10.0 Å². The van der Waals surface area contributed by atoms with Crippen molar-refractivity contribution in [3.63, 3.8) is 0 Å². The summed E-state index contributed by atoms with van der Waals surface area (Å²) in [5.74, 6) is -1.21. The first kappa shape index (κ1) is 21.6. The number of hydrogen-bond donors (Lipinski definition) is 1. The number of aryl methyl sites for hydroxylation is 1. The van der Waals surface area contributed by atoms with Crippen molar-refractivity contribution in [2.24, 2.45) is 0 Å². The molecule has 8 heteroatoms. The van der Waals surface area contributed by atoms with E-state index < -0.39 is 28.6 Å². The van der Waals surface area contributed by atoms with Gasteiger partial charge in [-0.3, -0.25) is 9.59 Å². The van der Waals surface area contributed by atoms with Gasteiger partial charge in [0, 0.05) is 13.6 Å². The lowest BCUT2D eigenvalue weighted by Gasteiger charge is -2.18. The molecule has 0 unspecified atom stereocenters. The highest BCUT2D eigenvalue weighted by Gasteiger charge is 2.24. The second-order valence-corrected chi connectivity index (χ2v) is 8.21. The van der Waals surface area contributed by atoms with E-state index in [1.54, 1.807) is 19.2 Å². The molecule has 150 valence electrons. The molecule has 0 saturated heterocycles. The van der Waals surface area contributed by atoms with Crippen LogP contribution >= 0.6 is 0 Å². The number of amides is 1. The summed E-state index contributed by atoms with van der Waals surface area (Å²) in [6.07, 6.45) is 0. The molecule has 1 N–H and O–H groups in total. The fourth-order valence-corrected chi connectivity index (χ4v) is 3.57. The molecule has 0 radical (unpaired) electrons. The van der Waals surface area contributed by atoms with Gasteiger partial charge in [-0.2, -0.15) is 4.72 Å². The van der Waals surface area contributed by atoms with Gasteiger partial charge in [0.15, 0.2) is 6.61 Å². The van der Waals surface area contributed by atoms with Gasteiger partial charge in [0.25, 0.3) is 5.91 Å². The Balaban J connectivity index is 1.86. The molecule has 0 aliphatic rings. The normalized spacial score (nSPS) is 12.2. The molecule has 0 aromatic heterocycles. The number of nitrogens with zero attached hydrogens (tertiary/aromatic N) is 1. The molecule has 0 aliphatic heterocycles. The Morgan fingerprint density at radius 3 is 2.29 bits per heavy atom. The molecule has 0 heterocycles. The summed E-state index contributed by atoms with van der Waals surface area (Å²) in [5.41, 5.74) is 1.87. The average molecular weight is 404 g/mol. The van der Waals surface area contributed by atoms with Crippen LogP contribution in [0.5, 0.6) is 0 Å². The maximum atomic E-state index is 12.3. The molecule has 0 aliphatic carbocycles. The number of benzene rings is 2. The lowest BCUT2D eigenvalue weighted by atomic mass is 10.2. The van der Waals surface area contributed by atoms with E-state index in [2.05, 4.69) is 4.72 Å². The third-order valence-corrected chi connectivity index (χ3v) is 5.60. The Bertz CT molecular complexity index is 911. The first-order chi connectivity index (χ1) is 13.2. The Morgan fingerprint density at radius 2 is 1.68 bits per heavy atom. The SMILES string of the molecule is Cc1ccc(S(=O)(=O)N[C@@H](C)C(=O)OCC(=O)N(C)Cc2ccccc2)cc1. The molecule has 2 rings (SSSR count). The maximum absolute atomic E-state index is 12.3. The van der Waals surface area contributed by atoms with Crippen molar-refractivity contribution < 1.29 is 22.7 Å². The lowest BCUT2D eigenvalue weighted by Crippen LogP contribution is -2.41. The van der Waals surface area contributed by atoms with E-state index in [9.17, 15) is 18.0 Å². The Morgan fingerprint density at radius 1 is 1.07 bits per heavy atom. The van der Waals surface area contributed by atoms with Crippen LogP contribution in [-0.4, -0.2) is 44.9 Å². The molecule has 2 aromatic rings. The first-order valence-electron chi connectivity index (χ1n) is 8.72. The molecule has 1 atom stereocenters. The Kier molecular flexibility index (Phi) is 7.31. The fraction of sp³-hybridized carbons (Fsp3) is 0.300. The first-order valence-corrected chi connectivity index (χ1v) is 10.2. The molecule has 0 saturated carbocycles. The van der Waals surface area contributed by atoms with Gasteiger partial charge >= 0.3 is 5.97 Å². The highest BCUT2D eigenvalue weighted by atomic mass is 32.2. The second kappa shape index (κ2) is 9.48. The molecule has 7 nitrogen and oxygen atoms in total. The van der Waals surface area contributed by atoms with Crippen LogP contribution in [0.15, 0.2) is 59.5 Å². The molecule has 28 heavy (non-hydrogen) atoms. The van der Waals surface area contributed by atoms with Crippen molar-refractivity contribution in [1.82, 2.24) is 9.62 Å². The van der Waals surface area contributed by atoms with Crippen LogP contribution in [0.2, 0.25) is 0 Å². The van der Waals surface area contributed by atoms with Gasteiger partial charge in [0.05, 0.1) is 4.90 Å². The molecule has 0 bridgehead atoms. The summed E-state index contributed by atoms with van der Waals surface area (Å²) in [4.78, 5) is 25.7. The van der Waals surface area contributed by atoms with Crippen molar-refractivity contribution in [2.45, 2.75) is 31.3 Å². The molecule has 1 amide bonds. The van der Waals surface area contributed by atoms with Gasteiger partial charge in [-0.25, -0.2) is 8.42 Å². The third kappa shape index (κ3) is 6.17. The van der Waals surface area contributed by atoms with E-state index in [1.165, 1.54) is 24.0 Å². The van der Waals surface area contributed by atoms with E-state index in [0.717, 1.165) is 11.1 Å². The van der Waals surface area contributed by atoms with Gasteiger partial charge < -0.3 is 9.64 Å². The predicted octanol–water partition coefficient (Wildman–Crippen LogP) is 1.86. The van der Waals surface area contributed by atoms with Gasteiger partial charge in [-0.15, -0.1) is 0 Å². The number of ether oxygens (including phenoxy) is 1. The predicted molar refractivity (Wildman–Crippen MR) is 105 cm³/mol. The summed E-state index contributed by atoms with van der Waals surface area (Å²) in [7, 11) is -2.26. The minimum absolute atomic E-state index is 0.0522. The van der Waals surface area contributed by atoms with Crippen LogP contribution in [0.1, 0.15) is 18.1 Å². The van der Waals surface area contributed by atoms with E-state index in [1.807, 2.05) is 37.3 Å². The number of carbonyl (C=O) groups is 2. The van der Waals surface area contributed by atoms with Gasteiger partial charge in [-0.1, -0.05) is 48.0 Å². The Hall–Kier alpha value is -2.71. The number of rotatable bonds is 8. The van der Waals surface area contributed by atoms with Crippen molar-refractivity contribution in [1.29, 1.82) is 0 Å². The van der Waals surface area contributed by atoms with E-state index in [-0.39, 0.29) is 10.8 Å². The molecular weight excluding hydrogens is 380 g/mol. The zero-order chi connectivity index (χ0) is 20.7. The summed E-state index contributed by atoms with van der Waals surface area (Å²) in [6, 6.07) is 14.5. The van der Waals surface area contributed by atoms with E-state index >= 15 is 0 Å². The second-order valence-electron chi connectivity index (χ2n) is 6.50. The van der Waals surface area contributed by atoms with Crippen molar-refractivity contribution >= 4 is 21.9 Å². The zero-order valence-corrected chi connectivity index (χ0v) is 16.9. The van der Waals surface area contributed by atoms with Crippen LogP contribution in [0.3, 0.4) is 0 Å². The van der Waals surface area contributed by atoms with Crippen LogP contribution in [-0.2, 0) is 30.9 Å². The van der Waals surface area contributed by atoms with Crippen LogP contribution in [0.25, 0.3) is 0 Å². The average Bonchev–Trinajstić information content (AvgIpc) is 2.66.